The summed E-state index contributed by atoms with van der Waals surface area (Å²) in [5.41, 5.74) is 3.57. The molecule has 24 heavy (non-hydrogen) atoms. The van der Waals surface area contributed by atoms with Gasteiger partial charge in [0.2, 0.25) is 5.95 Å². The summed E-state index contributed by atoms with van der Waals surface area (Å²) in [4.78, 5) is 21.4. The molecule has 2 N–H and O–H groups in total. The third kappa shape index (κ3) is 3.93. The number of anilines is 3. The van der Waals surface area contributed by atoms with E-state index in [-0.39, 0.29) is 5.56 Å². The van der Waals surface area contributed by atoms with E-state index in [1.165, 1.54) is 0 Å². The summed E-state index contributed by atoms with van der Waals surface area (Å²) in [5, 5.41) is 3.74. The van der Waals surface area contributed by atoms with Crippen LogP contribution in [0.4, 0.5) is 17.3 Å². The van der Waals surface area contributed by atoms with Crippen LogP contribution in [0.1, 0.15) is 19.4 Å². The first-order chi connectivity index (χ1) is 11.5. The van der Waals surface area contributed by atoms with Crippen LogP contribution in [-0.4, -0.2) is 24.1 Å². The molecule has 126 valence electrons. The third-order valence-electron chi connectivity index (χ3n) is 3.51. The summed E-state index contributed by atoms with van der Waals surface area (Å²) >= 11 is 0. The minimum Gasteiger partial charge on any atom is -0.378 e. The quantitative estimate of drug-likeness (QED) is 0.762. The average molecular weight is 324 g/mol. The Hall–Kier alpha value is -2.82. The number of aryl methyl sites for hydroxylation is 1. The highest BCUT2D eigenvalue weighted by molar-refractivity contribution is 5.79. The lowest BCUT2D eigenvalue weighted by Gasteiger charge is -2.13. The molecule has 0 bridgehead atoms. The van der Waals surface area contributed by atoms with Crippen molar-refractivity contribution in [2.75, 3.05) is 24.3 Å². The Morgan fingerprint density at radius 2 is 1.71 bits per heavy atom. The van der Waals surface area contributed by atoms with Gasteiger partial charge in [-0.05, 0) is 43.3 Å². The zero-order valence-corrected chi connectivity index (χ0v) is 14.8. The molecule has 0 saturated carbocycles. The molecular weight excluding hydrogens is 300 g/mol. The van der Waals surface area contributed by atoms with Crippen molar-refractivity contribution in [1.29, 1.82) is 0 Å². The molecule has 1 heterocycles. The summed E-state index contributed by atoms with van der Waals surface area (Å²) < 4.78 is 0. The summed E-state index contributed by atoms with van der Waals surface area (Å²) in [6.07, 6.45) is 0. The number of hydrogen-bond donors (Lipinski definition) is 2. The molecule has 0 radical (unpaired) electrons. The summed E-state index contributed by atoms with van der Waals surface area (Å²) in [6, 6.07) is 13.6. The lowest BCUT2D eigenvalue weighted by molar-refractivity contribution is 1.13. The van der Waals surface area contributed by atoms with Crippen LogP contribution >= 0.6 is 0 Å². The Morgan fingerprint density at radius 3 is 2.33 bits per heavy atom. The van der Waals surface area contributed by atoms with Crippen LogP contribution in [-0.2, 0) is 0 Å². The fourth-order valence-corrected chi connectivity index (χ4v) is 2.29. The van der Waals surface area contributed by atoms with Crippen LogP contribution in [0.5, 0.6) is 0 Å². The molecule has 0 unspecified atom stereocenters. The van der Waals surface area contributed by atoms with E-state index < -0.39 is 0 Å². The van der Waals surface area contributed by atoms with Gasteiger partial charge < -0.3 is 10.2 Å². The van der Waals surface area contributed by atoms with Gasteiger partial charge in [-0.1, -0.05) is 25.5 Å². The minimum absolute atomic E-state index is 0.138. The van der Waals surface area contributed by atoms with Crippen molar-refractivity contribution >= 4 is 28.2 Å². The topological polar surface area (TPSA) is 61.0 Å². The lowest BCUT2D eigenvalue weighted by Crippen LogP contribution is -2.11. The molecule has 0 aliphatic rings. The van der Waals surface area contributed by atoms with Crippen molar-refractivity contribution < 1.29 is 0 Å². The van der Waals surface area contributed by atoms with Gasteiger partial charge in [-0.3, -0.25) is 9.78 Å². The number of aromatic nitrogens is 2. The normalized spacial score (nSPS) is 10.0. The van der Waals surface area contributed by atoms with Gasteiger partial charge in [-0.2, -0.15) is 0 Å². The molecule has 1 aromatic heterocycles. The largest absolute Gasteiger partial charge is 0.378 e. The van der Waals surface area contributed by atoms with Crippen molar-refractivity contribution in [3.63, 3.8) is 0 Å². The molecule has 5 heteroatoms. The first-order valence-electron chi connectivity index (χ1n) is 8.08. The smallest absolute Gasteiger partial charge is 0.260 e. The van der Waals surface area contributed by atoms with Gasteiger partial charge in [0.1, 0.15) is 0 Å². The number of nitrogens with one attached hydrogen (secondary N) is 2. The lowest BCUT2D eigenvalue weighted by atomic mass is 10.2. The summed E-state index contributed by atoms with van der Waals surface area (Å²) in [6.45, 7) is 5.96. The van der Waals surface area contributed by atoms with Crippen molar-refractivity contribution in [2.45, 2.75) is 20.8 Å². The molecule has 0 fully saturated rings. The molecule has 0 aliphatic carbocycles. The van der Waals surface area contributed by atoms with Crippen LogP contribution in [0, 0.1) is 6.92 Å². The van der Waals surface area contributed by atoms with E-state index in [1.54, 1.807) is 0 Å². The Bertz CT molecular complexity index is 867. The second kappa shape index (κ2) is 7.64. The van der Waals surface area contributed by atoms with Gasteiger partial charge in [-0.25, -0.2) is 4.98 Å². The molecular formula is C19H24N4O. The van der Waals surface area contributed by atoms with Gasteiger partial charge in [-0.15, -0.1) is 0 Å². The zero-order chi connectivity index (χ0) is 17.7. The van der Waals surface area contributed by atoms with Crippen LogP contribution in [0.15, 0.2) is 47.3 Å². The zero-order valence-electron chi connectivity index (χ0n) is 14.8. The second-order valence-electron chi connectivity index (χ2n) is 5.50. The maximum atomic E-state index is 12.1. The Labute approximate surface area is 142 Å². The third-order valence-corrected chi connectivity index (χ3v) is 3.51. The molecule has 3 rings (SSSR count). The monoisotopic (exact) mass is 324 g/mol. The van der Waals surface area contributed by atoms with Gasteiger partial charge in [0.05, 0.1) is 10.9 Å². The first kappa shape index (κ1) is 17.5. The number of aromatic amines is 1. The molecule has 3 aromatic rings. The van der Waals surface area contributed by atoms with E-state index in [0.29, 0.717) is 16.9 Å². The van der Waals surface area contributed by atoms with Crippen molar-refractivity contribution in [2.24, 2.45) is 0 Å². The van der Waals surface area contributed by atoms with Gasteiger partial charge in [0.15, 0.2) is 0 Å². The van der Waals surface area contributed by atoms with Gasteiger partial charge in [0, 0.05) is 25.5 Å². The average Bonchev–Trinajstić information content (AvgIpc) is 2.58. The Kier molecular flexibility index (Phi) is 5.58. The predicted octanol–water partition coefficient (Wildman–Crippen LogP) is 4.07. The number of fused-ring (bicyclic) bond motifs is 1. The van der Waals surface area contributed by atoms with E-state index in [9.17, 15) is 4.79 Å². The predicted molar refractivity (Wildman–Crippen MR) is 103 cm³/mol. The Morgan fingerprint density at radius 1 is 1.04 bits per heavy atom. The fourth-order valence-electron chi connectivity index (χ4n) is 2.29. The van der Waals surface area contributed by atoms with Crippen LogP contribution in [0.25, 0.3) is 10.9 Å². The van der Waals surface area contributed by atoms with Crippen LogP contribution in [0.2, 0.25) is 0 Å². The molecule has 0 atom stereocenters. The minimum atomic E-state index is -0.138. The Balaban J connectivity index is 0.00000100. The van der Waals surface area contributed by atoms with E-state index >= 15 is 0 Å². The van der Waals surface area contributed by atoms with Crippen LogP contribution < -0.4 is 15.8 Å². The van der Waals surface area contributed by atoms with Gasteiger partial charge >= 0.3 is 0 Å². The SMILES string of the molecule is CC.Cc1ccc2nc(Nc3ccc(N(C)C)cc3)[nH]c(=O)c2c1. The maximum absolute atomic E-state index is 12.1. The van der Waals surface area contributed by atoms with Crippen LogP contribution in [0.3, 0.4) is 0 Å². The molecule has 2 aromatic carbocycles. The van der Waals surface area contributed by atoms with E-state index in [2.05, 4.69) is 15.3 Å². The number of rotatable bonds is 3. The highest BCUT2D eigenvalue weighted by Gasteiger charge is 2.04. The molecule has 5 nitrogen and oxygen atoms in total. The second-order valence-corrected chi connectivity index (χ2v) is 5.50. The highest BCUT2D eigenvalue weighted by Crippen LogP contribution is 2.19. The first-order valence-corrected chi connectivity index (χ1v) is 8.08. The van der Waals surface area contributed by atoms with E-state index in [1.807, 2.05) is 82.2 Å². The number of nitrogens with zero attached hydrogens (tertiary/aromatic N) is 2. The van der Waals surface area contributed by atoms with Crippen molar-refractivity contribution in [3.05, 3.63) is 58.4 Å². The standard InChI is InChI=1S/C17H18N4O.C2H6/c1-11-4-9-15-14(10-11)16(22)20-17(19-15)18-12-5-7-13(8-6-12)21(2)3;1-2/h4-10H,1-3H3,(H2,18,19,20,22);1-2H3. The summed E-state index contributed by atoms with van der Waals surface area (Å²) in [5.74, 6) is 0.443. The number of benzene rings is 2. The summed E-state index contributed by atoms with van der Waals surface area (Å²) in [7, 11) is 3.99. The van der Waals surface area contributed by atoms with E-state index in [4.69, 9.17) is 0 Å². The molecule has 0 spiro atoms. The fraction of sp³-hybridized carbons (Fsp3) is 0.263. The van der Waals surface area contributed by atoms with Crippen molar-refractivity contribution in [3.8, 4) is 0 Å². The maximum Gasteiger partial charge on any atom is 0.260 e. The molecule has 0 aliphatic heterocycles. The molecule has 0 amide bonds. The van der Waals surface area contributed by atoms with Gasteiger partial charge in [0.25, 0.3) is 5.56 Å². The number of hydrogen-bond acceptors (Lipinski definition) is 4. The van der Waals surface area contributed by atoms with E-state index in [0.717, 1.165) is 16.9 Å². The highest BCUT2D eigenvalue weighted by atomic mass is 16.1. The van der Waals surface area contributed by atoms with Crippen molar-refractivity contribution in [1.82, 2.24) is 9.97 Å². The molecule has 0 saturated heterocycles. The number of H-pyrrole nitrogens is 1.